The molecule has 0 aliphatic heterocycles. The lowest BCUT2D eigenvalue weighted by atomic mass is 10.3. The Bertz CT molecular complexity index is 490. The lowest BCUT2D eigenvalue weighted by Gasteiger charge is -2.02. The maximum atomic E-state index is 11.0. The SMILES string of the molecule is O=C(C[N+](=O)[O-])Nc1ccc(Cl)c([N+](=O)[O-])c1. The molecule has 0 fully saturated rings. The minimum atomic E-state index is -0.906. The summed E-state index contributed by atoms with van der Waals surface area (Å²) in [6, 6.07) is 3.56. The van der Waals surface area contributed by atoms with Gasteiger partial charge in [-0.1, -0.05) is 11.6 Å². The van der Waals surface area contributed by atoms with Crippen LogP contribution in [0.1, 0.15) is 0 Å². The molecule has 17 heavy (non-hydrogen) atoms. The highest BCUT2D eigenvalue weighted by atomic mass is 35.5. The average Bonchev–Trinajstić information content (AvgIpc) is 2.19. The topological polar surface area (TPSA) is 115 Å². The molecular weight excluding hydrogens is 254 g/mol. The predicted octanol–water partition coefficient (Wildman–Crippen LogP) is 1.46. The first-order valence-electron chi connectivity index (χ1n) is 4.25. The molecule has 1 N–H and O–H groups in total. The Labute approximate surface area is 99.5 Å². The molecule has 0 atom stereocenters. The van der Waals surface area contributed by atoms with Gasteiger partial charge in [0, 0.05) is 16.7 Å². The zero-order valence-electron chi connectivity index (χ0n) is 8.25. The second kappa shape index (κ2) is 5.21. The number of nitrogens with zero attached hydrogens (tertiary/aromatic N) is 2. The second-order valence-electron chi connectivity index (χ2n) is 2.96. The highest BCUT2D eigenvalue weighted by Crippen LogP contribution is 2.27. The van der Waals surface area contributed by atoms with E-state index in [1.54, 1.807) is 0 Å². The summed E-state index contributed by atoms with van der Waals surface area (Å²) in [4.78, 5) is 30.1. The maximum Gasteiger partial charge on any atom is 0.296 e. The van der Waals surface area contributed by atoms with Gasteiger partial charge in [-0.25, -0.2) is 0 Å². The number of benzene rings is 1. The Morgan fingerprint density at radius 1 is 1.35 bits per heavy atom. The van der Waals surface area contributed by atoms with Crippen molar-refractivity contribution in [3.8, 4) is 0 Å². The van der Waals surface area contributed by atoms with Crippen molar-refractivity contribution >= 4 is 28.9 Å². The Morgan fingerprint density at radius 3 is 2.53 bits per heavy atom. The second-order valence-corrected chi connectivity index (χ2v) is 3.37. The van der Waals surface area contributed by atoms with Crippen LogP contribution >= 0.6 is 11.6 Å². The number of amides is 1. The molecule has 0 aliphatic rings. The molecule has 0 spiro atoms. The van der Waals surface area contributed by atoms with Crippen LogP contribution in [0.4, 0.5) is 11.4 Å². The van der Waals surface area contributed by atoms with Gasteiger partial charge in [0.15, 0.2) is 0 Å². The third kappa shape index (κ3) is 3.68. The van der Waals surface area contributed by atoms with Crippen molar-refractivity contribution in [1.29, 1.82) is 0 Å². The van der Waals surface area contributed by atoms with E-state index in [2.05, 4.69) is 5.32 Å². The monoisotopic (exact) mass is 259 g/mol. The van der Waals surface area contributed by atoms with Crippen LogP contribution in [0.15, 0.2) is 18.2 Å². The number of hydrogen-bond donors (Lipinski definition) is 1. The fourth-order valence-electron chi connectivity index (χ4n) is 1.05. The van der Waals surface area contributed by atoms with Gasteiger partial charge in [-0.2, -0.15) is 0 Å². The fourth-order valence-corrected chi connectivity index (χ4v) is 1.23. The summed E-state index contributed by atoms with van der Waals surface area (Å²) < 4.78 is 0. The predicted molar refractivity (Wildman–Crippen MR) is 58.6 cm³/mol. The molecule has 0 aliphatic carbocycles. The number of anilines is 1. The van der Waals surface area contributed by atoms with Gasteiger partial charge in [0.1, 0.15) is 5.02 Å². The van der Waals surface area contributed by atoms with Gasteiger partial charge in [0.2, 0.25) is 0 Å². The minimum Gasteiger partial charge on any atom is -0.320 e. The summed E-state index contributed by atoms with van der Waals surface area (Å²) in [6.07, 6.45) is 0. The summed E-state index contributed by atoms with van der Waals surface area (Å²) in [6.45, 7) is -0.906. The first kappa shape index (κ1) is 12.8. The molecule has 0 saturated carbocycles. The first-order valence-corrected chi connectivity index (χ1v) is 4.63. The summed E-state index contributed by atoms with van der Waals surface area (Å²) in [7, 11) is 0. The highest BCUT2D eigenvalue weighted by Gasteiger charge is 2.15. The van der Waals surface area contributed by atoms with Gasteiger partial charge in [0.25, 0.3) is 18.1 Å². The quantitative estimate of drug-likeness (QED) is 0.649. The van der Waals surface area contributed by atoms with Crippen molar-refractivity contribution in [2.75, 3.05) is 11.9 Å². The number of carbonyl (C=O) groups excluding carboxylic acids is 1. The molecule has 0 aromatic heterocycles. The van der Waals surface area contributed by atoms with Gasteiger partial charge >= 0.3 is 0 Å². The number of nitro benzene ring substituents is 1. The van der Waals surface area contributed by atoms with E-state index in [4.69, 9.17) is 11.6 Å². The average molecular weight is 260 g/mol. The number of rotatable bonds is 4. The van der Waals surface area contributed by atoms with E-state index in [0.717, 1.165) is 6.07 Å². The Kier molecular flexibility index (Phi) is 3.94. The van der Waals surface area contributed by atoms with Crippen LogP contribution in [-0.4, -0.2) is 22.3 Å². The molecule has 1 rings (SSSR count). The van der Waals surface area contributed by atoms with Crippen molar-refractivity contribution in [3.05, 3.63) is 43.5 Å². The number of nitrogens with one attached hydrogen (secondary N) is 1. The maximum absolute atomic E-state index is 11.0. The molecule has 0 radical (unpaired) electrons. The minimum absolute atomic E-state index is 0.0768. The van der Waals surface area contributed by atoms with E-state index in [1.807, 2.05) is 0 Å². The van der Waals surface area contributed by atoms with E-state index in [1.165, 1.54) is 12.1 Å². The highest BCUT2D eigenvalue weighted by molar-refractivity contribution is 6.32. The van der Waals surface area contributed by atoms with Gasteiger partial charge in [-0.15, -0.1) is 0 Å². The zero-order chi connectivity index (χ0) is 13.0. The van der Waals surface area contributed by atoms with Crippen molar-refractivity contribution in [2.45, 2.75) is 0 Å². The smallest absolute Gasteiger partial charge is 0.296 e. The molecule has 90 valence electrons. The van der Waals surface area contributed by atoms with Gasteiger partial charge < -0.3 is 5.32 Å². The third-order valence-electron chi connectivity index (χ3n) is 1.70. The number of halogens is 1. The molecule has 0 saturated heterocycles. The van der Waals surface area contributed by atoms with Crippen LogP contribution in [-0.2, 0) is 4.79 Å². The van der Waals surface area contributed by atoms with E-state index < -0.39 is 22.3 Å². The zero-order valence-corrected chi connectivity index (χ0v) is 9.01. The first-order chi connectivity index (χ1) is 7.90. The molecule has 0 unspecified atom stereocenters. The van der Waals surface area contributed by atoms with Crippen LogP contribution in [0.5, 0.6) is 0 Å². The summed E-state index contributed by atoms with van der Waals surface area (Å²) in [5.41, 5.74) is -0.307. The molecule has 0 heterocycles. The molecule has 1 aromatic rings. The summed E-state index contributed by atoms with van der Waals surface area (Å²) >= 11 is 5.55. The van der Waals surface area contributed by atoms with Gasteiger partial charge in [-0.3, -0.25) is 25.0 Å². The lowest BCUT2D eigenvalue weighted by molar-refractivity contribution is -0.467. The van der Waals surface area contributed by atoms with Crippen molar-refractivity contribution in [1.82, 2.24) is 0 Å². The standard InChI is InChI=1S/C8H6ClN3O5/c9-6-2-1-5(3-7(6)12(16)17)10-8(13)4-11(14)15/h1-3H,4H2,(H,10,13). The van der Waals surface area contributed by atoms with Crippen LogP contribution in [0, 0.1) is 20.2 Å². The van der Waals surface area contributed by atoms with E-state index >= 15 is 0 Å². The Morgan fingerprint density at radius 2 is 2.00 bits per heavy atom. The van der Waals surface area contributed by atoms with Crippen LogP contribution in [0.25, 0.3) is 0 Å². The van der Waals surface area contributed by atoms with Crippen molar-refractivity contribution < 1.29 is 14.6 Å². The van der Waals surface area contributed by atoms with Crippen LogP contribution < -0.4 is 5.32 Å². The van der Waals surface area contributed by atoms with E-state index in [9.17, 15) is 25.0 Å². The summed E-state index contributed by atoms with van der Waals surface area (Å²) in [5.74, 6) is -0.869. The van der Waals surface area contributed by atoms with Crippen LogP contribution in [0.3, 0.4) is 0 Å². The molecule has 8 nitrogen and oxygen atoms in total. The van der Waals surface area contributed by atoms with Gasteiger partial charge in [-0.05, 0) is 12.1 Å². The normalized spacial score (nSPS) is 9.71. The molecule has 0 bridgehead atoms. The number of hydrogen-bond acceptors (Lipinski definition) is 5. The molecule has 1 aromatic carbocycles. The van der Waals surface area contributed by atoms with Crippen molar-refractivity contribution in [2.24, 2.45) is 0 Å². The number of carbonyl (C=O) groups is 1. The molecule has 1 amide bonds. The Balaban J connectivity index is 2.86. The fraction of sp³-hybridized carbons (Fsp3) is 0.125. The lowest BCUT2D eigenvalue weighted by Crippen LogP contribution is -2.21. The summed E-state index contributed by atoms with van der Waals surface area (Å²) in [5, 5.41) is 22.7. The molecule has 9 heteroatoms. The van der Waals surface area contributed by atoms with Crippen LogP contribution in [0.2, 0.25) is 5.02 Å². The van der Waals surface area contributed by atoms with E-state index in [0.29, 0.717) is 0 Å². The van der Waals surface area contributed by atoms with Gasteiger partial charge in [0.05, 0.1) is 4.92 Å². The third-order valence-corrected chi connectivity index (χ3v) is 2.02. The number of nitro groups is 2. The Hall–Kier alpha value is -2.22. The largest absolute Gasteiger partial charge is 0.320 e. The van der Waals surface area contributed by atoms with E-state index in [-0.39, 0.29) is 16.4 Å². The molecular formula is C8H6ClN3O5. The van der Waals surface area contributed by atoms with Crippen molar-refractivity contribution in [3.63, 3.8) is 0 Å².